The Bertz CT molecular complexity index is 1110. The Morgan fingerprint density at radius 3 is 1.52 bits per heavy atom. The number of aromatic amines is 1. The molecular weight excluding hydrogens is 366 g/mol. The zero-order chi connectivity index (χ0) is 20.2. The number of nitrogens with zero attached hydrogens (tertiary/aromatic N) is 2. The highest BCUT2D eigenvalue weighted by atomic mass is 16.1. The van der Waals surface area contributed by atoms with E-state index in [0.29, 0.717) is 33.5 Å². The van der Waals surface area contributed by atoms with Crippen LogP contribution in [-0.4, -0.2) is 33.3 Å². The molecule has 5 rings (SSSR count). The van der Waals surface area contributed by atoms with E-state index in [1.165, 1.54) is 0 Å². The Kier molecular flexibility index (Phi) is 4.90. The molecular formula is C23H15N3O3. The summed E-state index contributed by atoms with van der Waals surface area (Å²) in [4.78, 5) is 34.9. The molecule has 6 nitrogen and oxygen atoms in total. The fraction of sp³-hybridized carbons (Fsp3) is 0. The number of H-pyrrole nitrogens is 1. The molecule has 0 spiro atoms. The van der Waals surface area contributed by atoms with Crippen LogP contribution in [0.5, 0.6) is 0 Å². The largest absolute Gasteiger partial charge is 0.298 e. The second kappa shape index (κ2) is 7.82. The molecule has 0 radical (unpaired) electrons. The van der Waals surface area contributed by atoms with Crippen LogP contribution in [0.1, 0.15) is 42.2 Å². The van der Waals surface area contributed by atoms with Crippen LogP contribution in [0.4, 0.5) is 0 Å². The second-order valence-corrected chi connectivity index (χ2v) is 6.31. The number of rotatable bonds is 2. The van der Waals surface area contributed by atoms with Gasteiger partial charge < -0.3 is 0 Å². The summed E-state index contributed by atoms with van der Waals surface area (Å²) in [6.45, 7) is 0. The lowest BCUT2D eigenvalue weighted by Crippen LogP contribution is -2.20. The number of aromatic nitrogens is 3. The SMILES string of the molecule is O=C1c2ccccc2C(=O)c2ccccc21.O=Cc1ccccc1-c1cn[nH]n1. The van der Waals surface area contributed by atoms with E-state index in [9.17, 15) is 14.4 Å². The summed E-state index contributed by atoms with van der Waals surface area (Å²) >= 11 is 0. The average molecular weight is 381 g/mol. The van der Waals surface area contributed by atoms with Gasteiger partial charge in [-0.05, 0) is 0 Å². The highest BCUT2D eigenvalue weighted by molar-refractivity contribution is 6.28. The van der Waals surface area contributed by atoms with Gasteiger partial charge in [-0.15, -0.1) is 0 Å². The number of nitrogens with one attached hydrogen (secondary N) is 1. The van der Waals surface area contributed by atoms with Crippen molar-refractivity contribution in [2.75, 3.05) is 0 Å². The van der Waals surface area contributed by atoms with Crippen molar-refractivity contribution in [1.82, 2.24) is 15.4 Å². The van der Waals surface area contributed by atoms with E-state index >= 15 is 0 Å². The first-order chi connectivity index (χ1) is 14.2. The average Bonchev–Trinajstić information content (AvgIpc) is 3.33. The molecule has 0 atom stereocenters. The maximum Gasteiger partial charge on any atom is 0.194 e. The van der Waals surface area contributed by atoms with Crippen molar-refractivity contribution in [1.29, 1.82) is 0 Å². The molecule has 4 aromatic rings. The van der Waals surface area contributed by atoms with Crippen molar-refractivity contribution in [2.24, 2.45) is 0 Å². The van der Waals surface area contributed by atoms with Crippen molar-refractivity contribution in [3.8, 4) is 11.3 Å². The zero-order valence-electron chi connectivity index (χ0n) is 15.2. The van der Waals surface area contributed by atoms with E-state index < -0.39 is 0 Å². The van der Waals surface area contributed by atoms with Gasteiger partial charge in [0.2, 0.25) is 0 Å². The first-order valence-electron chi connectivity index (χ1n) is 8.88. The predicted molar refractivity (Wildman–Crippen MR) is 107 cm³/mol. The van der Waals surface area contributed by atoms with Crippen molar-refractivity contribution in [3.05, 3.63) is 107 Å². The van der Waals surface area contributed by atoms with Crippen molar-refractivity contribution in [2.45, 2.75) is 0 Å². The molecule has 0 saturated heterocycles. The smallest absolute Gasteiger partial charge is 0.194 e. The van der Waals surface area contributed by atoms with Crippen LogP contribution in [0.3, 0.4) is 0 Å². The number of ketones is 2. The Balaban J connectivity index is 0.000000145. The monoisotopic (exact) mass is 381 g/mol. The molecule has 29 heavy (non-hydrogen) atoms. The Morgan fingerprint density at radius 1 is 0.655 bits per heavy atom. The molecule has 1 aromatic heterocycles. The van der Waals surface area contributed by atoms with Gasteiger partial charge in [0.15, 0.2) is 17.9 Å². The van der Waals surface area contributed by atoms with Gasteiger partial charge in [-0.25, -0.2) is 0 Å². The van der Waals surface area contributed by atoms with Crippen molar-refractivity contribution < 1.29 is 14.4 Å². The summed E-state index contributed by atoms with van der Waals surface area (Å²) in [6, 6.07) is 21.2. The van der Waals surface area contributed by atoms with Gasteiger partial charge in [0.25, 0.3) is 0 Å². The highest BCUT2D eigenvalue weighted by Gasteiger charge is 2.28. The fourth-order valence-electron chi connectivity index (χ4n) is 3.21. The minimum Gasteiger partial charge on any atom is -0.298 e. The van der Waals surface area contributed by atoms with Gasteiger partial charge in [-0.1, -0.05) is 72.8 Å². The standard InChI is InChI=1S/C14H8O2.C9H7N3O/c15-13-9-5-1-2-6-10(9)14(16)12-8-4-3-7-11(12)13;13-6-7-3-1-2-4-8(7)9-5-10-12-11-9/h1-8H;1-6H,(H,10,11,12). The molecule has 0 amide bonds. The molecule has 0 unspecified atom stereocenters. The van der Waals surface area contributed by atoms with Gasteiger partial charge in [0.05, 0.1) is 6.20 Å². The summed E-state index contributed by atoms with van der Waals surface area (Å²) in [5.74, 6) is -0.128. The number of hydrogen-bond donors (Lipinski definition) is 1. The minimum absolute atomic E-state index is 0.0641. The molecule has 1 heterocycles. The van der Waals surface area contributed by atoms with Crippen LogP contribution in [0, 0.1) is 0 Å². The van der Waals surface area contributed by atoms with Gasteiger partial charge in [0, 0.05) is 33.4 Å². The fourth-order valence-corrected chi connectivity index (χ4v) is 3.21. The number of benzene rings is 3. The Morgan fingerprint density at radius 2 is 1.10 bits per heavy atom. The molecule has 0 bridgehead atoms. The quantitative estimate of drug-likeness (QED) is 0.470. The summed E-state index contributed by atoms with van der Waals surface area (Å²) in [6.07, 6.45) is 2.40. The number of fused-ring (bicyclic) bond motifs is 2. The van der Waals surface area contributed by atoms with E-state index in [1.807, 2.05) is 18.2 Å². The molecule has 140 valence electrons. The van der Waals surface area contributed by atoms with Gasteiger partial charge in [0.1, 0.15) is 5.69 Å². The van der Waals surface area contributed by atoms with E-state index in [4.69, 9.17) is 0 Å². The van der Waals surface area contributed by atoms with Crippen LogP contribution in [0.25, 0.3) is 11.3 Å². The number of carbonyl (C=O) groups excluding carboxylic acids is 3. The normalized spacial score (nSPS) is 11.7. The zero-order valence-corrected chi connectivity index (χ0v) is 15.2. The van der Waals surface area contributed by atoms with Crippen LogP contribution < -0.4 is 0 Å². The highest BCUT2D eigenvalue weighted by Crippen LogP contribution is 2.26. The van der Waals surface area contributed by atoms with Crippen molar-refractivity contribution >= 4 is 17.9 Å². The summed E-state index contributed by atoms with van der Waals surface area (Å²) in [5, 5.41) is 10.1. The third-order valence-corrected chi connectivity index (χ3v) is 4.61. The molecule has 1 aliphatic carbocycles. The van der Waals surface area contributed by atoms with Crippen LogP contribution in [0.2, 0.25) is 0 Å². The third kappa shape index (κ3) is 3.39. The van der Waals surface area contributed by atoms with Crippen molar-refractivity contribution in [3.63, 3.8) is 0 Å². The van der Waals surface area contributed by atoms with Gasteiger partial charge in [-0.2, -0.15) is 15.4 Å². The molecule has 3 aromatic carbocycles. The molecule has 6 heteroatoms. The number of aldehydes is 1. The second-order valence-electron chi connectivity index (χ2n) is 6.31. The van der Waals surface area contributed by atoms with Crippen LogP contribution >= 0.6 is 0 Å². The topological polar surface area (TPSA) is 92.8 Å². The maximum atomic E-state index is 12.1. The number of carbonyl (C=O) groups is 3. The first kappa shape index (κ1) is 18.2. The molecule has 0 fully saturated rings. The van der Waals surface area contributed by atoms with Gasteiger partial charge >= 0.3 is 0 Å². The summed E-state index contributed by atoms with van der Waals surface area (Å²) < 4.78 is 0. The molecule has 1 aliphatic rings. The van der Waals surface area contributed by atoms with Gasteiger partial charge in [-0.3, -0.25) is 14.4 Å². The maximum absolute atomic E-state index is 12.1. The Labute approximate surface area is 166 Å². The predicted octanol–water partition coefficient (Wildman–Crippen LogP) is 3.75. The summed E-state index contributed by atoms with van der Waals surface area (Å²) in [5.41, 5.74) is 4.13. The molecule has 0 aliphatic heterocycles. The van der Waals surface area contributed by atoms with E-state index in [2.05, 4.69) is 15.4 Å². The lowest BCUT2D eigenvalue weighted by molar-refractivity contribution is 0.0979. The minimum atomic E-state index is -0.0641. The van der Waals surface area contributed by atoms with E-state index in [-0.39, 0.29) is 11.6 Å². The van der Waals surface area contributed by atoms with Crippen LogP contribution in [-0.2, 0) is 0 Å². The lowest BCUT2D eigenvalue weighted by Gasteiger charge is -2.16. The van der Waals surface area contributed by atoms with E-state index in [0.717, 1.165) is 11.8 Å². The summed E-state index contributed by atoms with van der Waals surface area (Å²) in [7, 11) is 0. The third-order valence-electron chi connectivity index (χ3n) is 4.61. The van der Waals surface area contributed by atoms with E-state index in [1.54, 1.807) is 60.8 Å². The molecule has 0 saturated carbocycles. The lowest BCUT2D eigenvalue weighted by atomic mass is 9.84. The number of hydrogen-bond acceptors (Lipinski definition) is 5. The molecule has 1 N–H and O–H groups in total. The van der Waals surface area contributed by atoms with Crippen LogP contribution in [0.15, 0.2) is 79.0 Å². The first-order valence-corrected chi connectivity index (χ1v) is 8.88. The Hall–Kier alpha value is -4.19.